The molecule has 1 atom stereocenters. The van der Waals surface area contributed by atoms with Gasteiger partial charge in [-0.25, -0.2) is 0 Å². The Kier molecular flexibility index (Phi) is 6.23. The Labute approximate surface area is 153 Å². The summed E-state index contributed by atoms with van der Waals surface area (Å²) in [4.78, 5) is 14.7. The normalized spacial score (nSPS) is 16.4. The molecule has 2 aromatic rings. The predicted molar refractivity (Wildman–Crippen MR) is 103 cm³/mol. The van der Waals surface area contributed by atoms with Gasteiger partial charge in [0.15, 0.2) is 6.61 Å². The van der Waals surface area contributed by atoms with E-state index in [1.54, 1.807) is 0 Å². The van der Waals surface area contributed by atoms with Gasteiger partial charge in [-0.2, -0.15) is 11.8 Å². The average Bonchev–Trinajstić information content (AvgIpc) is 3.17. The number of thioether (sulfide) groups is 1. The lowest BCUT2D eigenvalue weighted by Crippen LogP contribution is -2.43. The quantitative estimate of drug-likeness (QED) is 0.751. The maximum absolute atomic E-state index is 12.8. The minimum atomic E-state index is -0.00687. The zero-order chi connectivity index (χ0) is 17.5. The predicted octanol–water partition coefficient (Wildman–Crippen LogP) is 4.00. The molecule has 0 N–H and O–H groups in total. The van der Waals surface area contributed by atoms with E-state index < -0.39 is 0 Å². The molecule has 3 rings (SSSR count). The Morgan fingerprint density at radius 2 is 1.76 bits per heavy atom. The van der Waals surface area contributed by atoms with Crippen LogP contribution in [0.5, 0.6) is 11.5 Å². The van der Waals surface area contributed by atoms with Gasteiger partial charge in [-0.1, -0.05) is 18.2 Å². The van der Waals surface area contributed by atoms with Crippen molar-refractivity contribution in [1.82, 2.24) is 0 Å². The Morgan fingerprint density at radius 1 is 1.08 bits per heavy atom. The summed E-state index contributed by atoms with van der Waals surface area (Å²) in [5.74, 6) is 3.54. The maximum Gasteiger partial charge on any atom is 0.265 e. The van der Waals surface area contributed by atoms with E-state index in [1.807, 2.05) is 78.2 Å². The Morgan fingerprint density at radius 3 is 2.36 bits per heavy atom. The summed E-state index contributed by atoms with van der Waals surface area (Å²) in [7, 11) is 0. The molecular formula is C20H23NO3S. The van der Waals surface area contributed by atoms with Crippen LogP contribution >= 0.6 is 11.8 Å². The summed E-state index contributed by atoms with van der Waals surface area (Å²) in [6.07, 6.45) is 1.02. The van der Waals surface area contributed by atoms with Crippen molar-refractivity contribution in [2.24, 2.45) is 0 Å². The molecule has 1 fully saturated rings. The topological polar surface area (TPSA) is 38.8 Å². The van der Waals surface area contributed by atoms with E-state index in [0.717, 1.165) is 29.4 Å². The molecule has 1 amide bonds. The summed E-state index contributed by atoms with van der Waals surface area (Å²) in [6.45, 7) is 2.61. The Balaban J connectivity index is 1.66. The lowest BCUT2D eigenvalue weighted by atomic mass is 10.2. The van der Waals surface area contributed by atoms with Crippen molar-refractivity contribution in [3.63, 3.8) is 0 Å². The number of carbonyl (C=O) groups excluding carboxylic acids is 1. The molecule has 25 heavy (non-hydrogen) atoms. The highest BCUT2D eigenvalue weighted by Gasteiger charge is 2.28. The first-order valence-corrected chi connectivity index (χ1v) is 9.74. The minimum Gasteiger partial charge on any atom is -0.494 e. The van der Waals surface area contributed by atoms with Crippen molar-refractivity contribution in [2.45, 2.75) is 19.4 Å². The summed E-state index contributed by atoms with van der Waals surface area (Å²) in [5.41, 5.74) is 0.940. The van der Waals surface area contributed by atoms with Crippen LogP contribution in [0, 0.1) is 0 Å². The van der Waals surface area contributed by atoms with Crippen molar-refractivity contribution < 1.29 is 14.3 Å². The SMILES string of the molecule is CCOc1ccc(OCC(=O)N(c2ccccc2)C2CCSC2)cc1. The second-order valence-electron chi connectivity index (χ2n) is 5.81. The third-order valence-electron chi connectivity index (χ3n) is 4.07. The summed E-state index contributed by atoms with van der Waals surface area (Å²) in [6, 6.07) is 17.5. The highest BCUT2D eigenvalue weighted by molar-refractivity contribution is 7.99. The molecule has 1 unspecified atom stereocenters. The fourth-order valence-corrected chi connectivity index (χ4v) is 4.08. The van der Waals surface area contributed by atoms with Crippen molar-refractivity contribution in [2.75, 3.05) is 29.6 Å². The first-order chi connectivity index (χ1) is 12.3. The van der Waals surface area contributed by atoms with Crippen LogP contribution in [0.2, 0.25) is 0 Å². The molecule has 5 heteroatoms. The van der Waals surface area contributed by atoms with Crippen LogP contribution in [0.4, 0.5) is 5.69 Å². The molecule has 0 aliphatic carbocycles. The number of hydrogen-bond acceptors (Lipinski definition) is 4. The van der Waals surface area contributed by atoms with Crippen molar-refractivity contribution in [1.29, 1.82) is 0 Å². The van der Waals surface area contributed by atoms with Crippen LogP contribution in [-0.2, 0) is 4.79 Å². The fourth-order valence-electron chi connectivity index (χ4n) is 2.89. The molecule has 1 aliphatic rings. The van der Waals surface area contributed by atoms with Crippen molar-refractivity contribution in [3.8, 4) is 11.5 Å². The van der Waals surface area contributed by atoms with E-state index in [1.165, 1.54) is 0 Å². The molecule has 132 valence electrons. The molecule has 1 saturated heterocycles. The largest absolute Gasteiger partial charge is 0.494 e. The Hall–Kier alpha value is -2.14. The zero-order valence-corrected chi connectivity index (χ0v) is 15.2. The van der Waals surface area contributed by atoms with Crippen LogP contribution in [0.3, 0.4) is 0 Å². The monoisotopic (exact) mass is 357 g/mol. The van der Waals surface area contributed by atoms with Gasteiger partial charge in [-0.15, -0.1) is 0 Å². The lowest BCUT2D eigenvalue weighted by molar-refractivity contribution is -0.121. The van der Waals surface area contributed by atoms with Gasteiger partial charge in [0, 0.05) is 17.5 Å². The number of para-hydroxylation sites is 1. The molecule has 2 aromatic carbocycles. The van der Waals surface area contributed by atoms with Gasteiger partial charge < -0.3 is 14.4 Å². The first kappa shape index (κ1) is 17.7. The molecule has 4 nitrogen and oxygen atoms in total. The standard InChI is InChI=1S/C20H23NO3S/c1-2-23-18-8-10-19(11-9-18)24-14-20(22)21(17-12-13-25-15-17)16-6-4-3-5-7-16/h3-11,17H,2,12-15H2,1H3. The van der Waals surface area contributed by atoms with Gasteiger partial charge >= 0.3 is 0 Å². The smallest absolute Gasteiger partial charge is 0.265 e. The minimum absolute atomic E-state index is 0.00687. The van der Waals surface area contributed by atoms with E-state index in [0.29, 0.717) is 12.4 Å². The van der Waals surface area contributed by atoms with Crippen LogP contribution in [-0.4, -0.2) is 36.7 Å². The maximum atomic E-state index is 12.8. The number of rotatable bonds is 7. The fraction of sp³-hybridized carbons (Fsp3) is 0.350. The lowest BCUT2D eigenvalue weighted by Gasteiger charge is -2.28. The number of nitrogens with zero attached hydrogens (tertiary/aromatic N) is 1. The van der Waals surface area contributed by atoms with E-state index in [2.05, 4.69) is 0 Å². The summed E-state index contributed by atoms with van der Waals surface area (Å²) >= 11 is 1.89. The van der Waals surface area contributed by atoms with Crippen LogP contribution in [0.25, 0.3) is 0 Å². The van der Waals surface area contributed by atoms with Gasteiger partial charge in [-0.05, 0) is 55.5 Å². The second-order valence-corrected chi connectivity index (χ2v) is 6.96. The summed E-state index contributed by atoms with van der Waals surface area (Å²) < 4.78 is 11.1. The number of anilines is 1. The molecule has 0 spiro atoms. The van der Waals surface area contributed by atoms with Gasteiger partial charge in [0.25, 0.3) is 5.91 Å². The van der Waals surface area contributed by atoms with Crippen LogP contribution in [0.1, 0.15) is 13.3 Å². The number of hydrogen-bond donors (Lipinski definition) is 0. The zero-order valence-electron chi connectivity index (χ0n) is 14.4. The van der Waals surface area contributed by atoms with Gasteiger partial charge in [0.05, 0.1) is 6.61 Å². The number of carbonyl (C=O) groups is 1. The molecule has 0 saturated carbocycles. The summed E-state index contributed by atoms with van der Waals surface area (Å²) in [5, 5.41) is 0. The van der Waals surface area contributed by atoms with Crippen molar-refractivity contribution >= 4 is 23.4 Å². The van der Waals surface area contributed by atoms with Gasteiger partial charge in [0.1, 0.15) is 11.5 Å². The van der Waals surface area contributed by atoms with E-state index in [4.69, 9.17) is 9.47 Å². The van der Waals surface area contributed by atoms with E-state index >= 15 is 0 Å². The second kappa shape index (κ2) is 8.81. The molecular weight excluding hydrogens is 334 g/mol. The molecule has 0 aromatic heterocycles. The highest BCUT2D eigenvalue weighted by atomic mass is 32.2. The number of benzene rings is 2. The van der Waals surface area contributed by atoms with Gasteiger partial charge in [-0.3, -0.25) is 4.79 Å². The third kappa shape index (κ3) is 4.69. The molecule has 1 heterocycles. The average molecular weight is 357 g/mol. The van der Waals surface area contributed by atoms with Gasteiger partial charge in [0.2, 0.25) is 0 Å². The van der Waals surface area contributed by atoms with E-state index in [-0.39, 0.29) is 18.6 Å². The molecule has 0 radical (unpaired) electrons. The number of ether oxygens (including phenoxy) is 2. The Bertz CT molecular complexity index is 669. The molecule has 0 bridgehead atoms. The van der Waals surface area contributed by atoms with Crippen LogP contribution in [0.15, 0.2) is 54.6 Å². The molecule has 1 aliphatic heterocycles. The van der Waals surface area contributed by atoms with Crippen LogP contribution < -0.4 is 14.4 Å². The first-order valence-electron chi connectivity index (χ1n) is 8.58. The highest BCUT2D eigenvalue weighted by Crippen LogP contribution is 2.27. The third-order valence-corrected chi connectivity index (χ3v) is 5.22. The van der Waals surface area contributed by atoms with Crippen molar-refractivity contribution in [3.05, 3.63) is 54.6 Å². The number of amides is 1. The van der Waals surface area contributed by atoms with E-state index in [9.17, 15) is 4.79 Å².